The van der Waals surface area contributed by atoms with Crippen molar-refractivity contribution in [3.63, 3.8) is 0 Å². The Balaban J connectivity index is 1.85. The molecule has 0 saturated heterocycles. The number of H-pyrrole nitrogens is 1. The molecule has 33 heavy (non-hydrogen) atoms. The van der Waals surface area contributed by atoms with Gasteiger partial charge < -0.3 is 13.7 Å². The maximum atomic E-state index is 11.8. The summed E-state index contributed by atoms with van der Waals surface area (Å²) < 4.78 is 30.9. The molecule has 7 nitrogen and oxygen atoms in total. The van der Waals surface area contributed by atoms with Gasteiger partial charge in [0, 0.05) is 52.7 Å². The third-order valence-electron chi connectivity index (χ3n) is 5.83. The standard InChI is InChI=1S/C25H20N4O3S/c1-29-15-21(17-6-2-4-8-23(17)29)25(18-7-3-5-9-24(18)32-33(27,30)31)20-14-28-22-11-10-16(13-26)12-19(20)22/h2-12,14-15,25,28H,1H3,(H2,27,30,31). The van der Waals surface area contributed by atoms with Gasteiger partial charge in [-0.05, 0) is 41.5 Å². The molecule has 0 saturated carbocycles. The molecule has 8 heteroatoms. The van der Waals surface area contributed by atoms with Crippen LogP contribution in [0.5, 0.6) is 5.75 Å². The number of aromatic nitrogens is 2. The lowest BCUT2D eigenvalue weighted by atomic mass is 9.84. The van der Waals surface area contributed by atoms with E-state index in [1.54, 1.807) is 18.2 Å². The number of nitriles is 1. The fraction of sp³-hybridized carbons (Fsp3) is 0.0800. The lowest BCUT2D eigenvalue weighted by Crippen LogP contribution is -2.20. The van der Waals surface area contributed by atoms with Gasteiger partial charge in [-0.15, -0.1) is 0 Å². The molecule has 164 valence electrons. The van der Waals surface area contributed by atoms with E-state index in [-0.39, 0.29) is 5.75 Å². The fourth-order valence-corrected chi connectivity index (χ4v) is 4.88. The Kier molecular flexibility index (Phi) is 4.93. The van der Waals surface area contributed by atoms with Crippen LogP contribution in [0, 0.1) is 11.3 Å². The second-order valence-corrected chi connectivity index (χ2v) is 9.03. The van der Waals surface area contributed by atoms with Crippen molar-refractivity contribution in [2.45, 2.75) is 5.92 Å². The van der Waals surface area contributed by atoms with Gasteiger partial charge in [0.05, 0.1) is 11.6 Å². The third-order valence-corrected chi connectivity index (χ3v) is 6.24. The van der Waals surface area contributed by atoms with Crippen molar-refractivity contribution in [1.29, 1.82) is 5.26 Å². The molecule has 3 N–H and O–H groups in total. The van der Waals surface area contributed by atoms with E-state index in [1.165, 1.54) is 0 Å². The second-order valence-electron chi connectivity index (χ2n) is 7.88. The fourth-order valence-electron chi connectivity index (χ4n) is 4.48. The van der Waals surface area contributed by atoms with E-state index < -0.39 is 16.2 Å². The number of fused-ring (bicyclic) bond motifs is 2. The molecular formula is C25H20N4O3S. The monoisotopic (exact) mass is 456 g/mol. The van der Waals surface area contributed by atoms with Gasteiger partial charge in [-0.1, -0.05) is 36.4 Å². The summed E-state index contributed by atoms with van der Waals surface area (Å²) in [7, 11) is -2.26. The van der Waals surface area contributed by atoms with Crippen molar-refractivity contribution in [2.75, 3.05) is 0 Å². The predicted molar refractivity (Wildman–Crippen MR) is 127 cm³/mol. The first-order valence-corrected chi connectivity index (χ1v) is 11.7. The average molecular weight is 457 g/mol. The van der Waals surface area contributed by atoms with Gasteiger partial charge in [-0.3, -0.25) is 0 Å². The number of para-hydroxylation sites is 2. The Labute approximate surface area is 190 Å². The predicted octanol–water partition coefficient (Wildman–Crippen LogP) is 4.29. The van der Waals surface area contributed by atoms with Crippen LogP contribution in [0.25, 0.3) is 21.8 Å². The zero-order valence-electron chi connectivity index (χ0n) is 17.7. The number of aryl methyl sites for hydroxylation is 1. The molecule has 0 bridgehead atoms. The smallest absolute Gasteiger partial charge is 0.371 e. The number of nitrogens with two attached hydrogens (primary N) is 1. The summed E-state index contributed by atoms with van der Waals surface area (Å²) in [4.78, 5) is 3.28. The Morgan fingerprint density at radius 1 is 1.00 bits per heavy atom. The van der Waals surface area contributed by atoms with Crippen LogP contribution in [-0.4, -0.2) is 18.0 Å². The minimum absolute atomic E-state index is 0.156. The zero-order valence-corrected chi connectivity index (χ0v) is 18.5. The van der Waals surface area contributed by atoms with Crippen LogP contribution in [-0.2, 0) is 17.4 Å². The molecule has 0 aliphatic carbocycles. The van der Waals surface area contributed by atoms with Crippen molar-refractivity contribution in [1.82, 2.24) is 9.55 Å². The van der Waals surface area contributed by atoms with E-state index in [4.69, 9.17) is 9.32 Å². The minimum Gasteiger partial charge on any atom is -0.371 e. The van der Waals surface area contributed by atoms with E-state index in [0.29, 0.717) is 11.1 Å². The average Bonchev–Trinajstić information content (AvgIpc) is 3.36. The van der Waals surface area contributed by atoms with E-state index in [9.17, 15) is 13.7 Å². The highest BCUT2D eigenvalue weighted by Gasteiger charge is 2.27. The first-order valence-electron chi connectivity index (χ1n) is 10.2. The number of aromatic amines is 1. The summed E-state index contributed by atoms with van der Waals surface area (Å²) in [6.45, 7) is 0. The molecule has 2 heterocycles. The second kappa shape index (κ2) is 7.81. The highest BCUT2D eigenvalue weighted by atomic mass is 32.2. The number of hydrogen-bond acceptors (Lipinski definition) is 4. The summed E-state index contributed by atoms with van der Waals surface area (Å²) >= 11 is 0. The molecule has 0 fully saturated rings. The van der Waals surface area contributed by atoms with Gasteiger partial charge in [0.1, 0.15) is 5.75 Å². The number of nitrogens with one attached hydrogen (secondary N) is 1. The highest BCUT2D eigenvalue weighted by molar-refractivity contribution is 7.84. The summed E-state index contributed by atoms with van der Waals surface area (Å²) in [6.07, 6.45) is 3.93. The first-order chi connectivity index (χ1) is 15.9. The third kappa shape index (κ3) is 3.74. The Hall–Kier alpha value is -4.06. The van der Waals surface area contributed by atoms with Crippen molar-refractivity contribution >= 4 is 32.1 Å². The molecule has 0 amide bonds. The molecule has 0 aliphatic rings. The van der Waals surface area contributed by atoms with Crippen LogP contribution < -0.4 is 9.32 Å². The van der Waals surface area contributed by atoms with Crippen molar-refractivity contribution in [3.05, 3.63) is 101 Å². The Morgan fingerprint density at radius 2 is 1.76 bits per heavy atom. The molecule has 1 atom stereocenters. The van der Waals surface area contributed by atoms with Crippen LogP contribution in [0.3, 0.4) is 0 Å². The van der Waals surface area contributed by atoms with Gasteiger partial charge in [0.25, 0.3) is 0 Å². The van der Waals surface area contributed by atoms with Crippen LogP contribution >= 0.6 is 0 Å². The van der Waals surface area contributed by atoms with Crippen LogP contribution in [0.4, 0.5) is 0 Å². The molecule has 5 rings (SSSR count). The van der Waals surface area contributed by atoms with Gasteiger partial charge in [-0.2, -0.15) is 18.8 Å². The van der Waals surface area contributed by atoms with E-state index in [1.807, 2.05) is 72.5 Å². The molecule has 0 spiro atoms. The Bertz CT molecular complexity index is 1660. The van der Waals surface area contributed by atoms with Crippen molar-refractivity contribution < 1.29 is 12.6 Å². The lowest BCUT2D eigenvalue weighted by molar-refractivity contribution is 0.484. The molecule has 5 aromatic rings. The summed E-state index contributed by atoms with van der Waals surface area (Å²) in [6, 6.07) is 22.6. The number of hydrogen-bond donors (Lipinski definition) is 2. The maximum absolute atomic E-state index is 11.8. The highest BCUT2D eigenvalue weighted by Crippen LogP contribution is 2.43. The topological polar surface area (TPSA) is 114 Å². The number of nitrogens with zero attached hydrogens (tertiary/aromatic N) is 2. The van der Waals surface area contributed by atoms with E-state index >= 15 is 0 Å². The van der Waals surface area contributed by atoms with Crippen LogP contribution in [0.15, 0.2) is 79.1 Å². The van der Waals surface area contributed by atoms with E-state index in [2.05, 4.69) is 11.1 Å². The minimum atomic E-state index is -4.23. The van der Waals surface area contributed by atoms with Crippen LogP contribution in [0.2, 0.25) is 0 Å². The van der Waals surface area contributed by atoms with Gasteiger partial charge >= 0.3 is 10.3 Å². The Morgan fingerprint density at radius 3 is 2.55 bits per heavy atom. The molecule has 0 aliphatic heterocycles. The van der Waals surface area contributed by atoms with E-state index in [0.717, 1.165) is 32.9 Å². The number of rotatable bonds is 5. The largest absolute Gasteiger partial charge is 0.380 e. The SMILES string of the molecule is Cn1cc(C(c2ccccc2OS(N)(=O)=O)c2c[nH]c3ccc(C#N)cc23)c2ccccc21. The van der Waals surface area contributed by atoms with Crippen molar-refractivity contribution in [3.8, 4) is 11.8 Å². The quantitative estimate of drug-likeness (QED) is 0.410. The first kappa shape index (κ1) is 20.8. The summed E-state index contributed by atoms with van der Waals surface area (Å²) in [5, 5.41) is 16.6. The zero-order chi connectivity index (χ0) is 23.2. The van der Waals surface area contributed by atoms with Crippen molar-refractivity contribution in [2.24, 2.45) is 12.2 Å². The normalized spacial score (nSPS) is 12.6. The summed E-state index contributed by atoms with van der Waals surface area (Å²) in [5.74, 6) is -0.236. The summed E-state index contributed by atoms with van der Waals surface area (Å²) in [5.41, 5.74) is 4.96. The molecule has 2 aromatic heterocycles. The lowest BCUT2D eigenvalue weighted by Gasteiger charge is -2.20. The number of benzene rings is 3. The molecule has 3 aromatic carbocycles. The molecule has 1 unspecified atom stereocenters. The van der Waals surface area contributed by atoms with Gasteiger partial charge in [0.15, 0.2) is 0 Å². The molecule has 0 radical (unpaired) electrons. The van der Waals surface area contributed by atoms with Gasteiger partial charge in [0.2, 0.25) is 0 Å². The van der Waals surface area contributed by atoms with Gasteiger partial charge in [-0.25, -0.2) is 0 Å². The van der Waals surface area contributed by atoms with Crippen LogP contribution in [0.1, 0.15) is 28.2 Å². The molecular weight excluding hydrogens is 436 g/mol. The maximum Gasteiger partial charge on any atom is 0.380 e.